The second-order valence-electron chi connectivity index (χ2n) is 6.02. The number of hydrogen-bond donors (Lipinski definition) is 1. The molecule has 0 aliphatic heterocycles. The third-order valence-corrected chi connectivity index (χ3v) is 4.51. The van der Waals surface area contributed by atoms with Crippen molar-refractivity contribution in [1.29, 1.82) is 0 Å². The maximum absolute atomic E-state index is 11.9. The van der Waals surface area contributed by atoms with Crippen LogP contribution in [0.15, 0.2) is 57.1 Å². The Balaban J connectivity index is 1.52. The molecule has 0 bridgehead atoms. The van der Waals surface area contributed by atoms with Gasteiger partial charge in [0.15, 0.2) is 5.16 Å². The third-order valence-electron chi connectivity index (χ3n) is 3.66. The quantitative estimate of drug-likeness (QED) is 0.207. The molecule has 2 heterocycles. The normalized spacial score (nSPS) is 11.0. The Morgan fingerprint density at radius 1 is 1.21 bits per heavy atom. The van der Waals surface area contributed by atoms with Crippen LogP contribution in [0.2, 0.25) is 0 Å². The van der Waals surface area contributed by atoms with E-state index in [0.29, 0.717) is 22.2 Å². The number of nitrogens with zero attached hydrogens (tertiary/aromatic N) is 4. The fourth-order valence-corrected chi connectivity index (χ4v) is 3.15. The van der Waals surface area contributed by atoms with Gasteiger partial charge < -0.3 is 4.42 Å². The van der Waals surface area contributed by atoms with E-state index in [2.05, 4.69) is 20.5 Å². The zero-order chi connectivity index (χ0) is 20.8. The number of aryl methyl sites for hydroxylation is 2. The van der Waals surface area contributed by atoms with Crippen LogP contribution in [0.5, 0.6) is 0 Å². The number of rotatable bonds is 7. The summed E-state index contributed by atoms with van der Waals surface area (Å²) in [6.07, 6.45) is 1.38. The van der Waals surface area contributed by atoms with Crippen molar-refractivity contribution in [2.45, 2.75) is 19.0 Å². The lowest BCUT2D eigenvalue weighted by molar-refractivity contribution is -0.384. The molecule has 10 heteroatoms. The van der Waals surface area contributed by atoms with Gasteiger partial charge in [0.1, 0.15) is 11.5 Å². The molecule has 1 aromatic carbocycles. The molecular weight excluding hydrogens is 394 g/mol. The number of carbonyl (C=O) groups is 1. The number of aromatic nitrogens is 2. The van der Waals surface area contributed by atoms with Crippen molar-refractivity contribution in [3.63, 3.8) is 0 Å². The van der Waals surface area contributed by atoms with Crippen LogP contribution in [0.25, 0.3) is 11.3 Å². The SMILES string of the molecule is Cc1cc(C)nc(SCC(=O)NN=Cc2ccc(-c3ccc([N+](=O)[O-])cc3)o2)n1. The van der Waals surface area contributed by atoms with Crippen LogP contribution in [0.4, 0.5) is 5.69 Å². The summed E-state index contributed by atoms with van der Waals surface area (Å²) in [6.45, 7) is 3.74. The fourth-order valence-electron chi connectivity index (χ4n) is 2.41. The predicted molar refractivity (Wildman–Crippen MR) is 109 cm³/mol. The van der Waals surface area contributed by atoms with Crippen LogP contribution < -0.4 is 5.43 Å². The van der Waals surface area contributed by atoms with E-state index in [9.17, 15) is 14.9 Å². The van der Waals surface area contributed by atoms with Crippen molar-refractivity contribution in [3.8, 4) is 11.3 Å². The first-order valence-corrected chi connectivity index (χ1v) is 9.51. The molecular formula is C19H17N5O4S. The Kier molecular flexibility index (Phi) is 6.35. The average molecular weight is 411 g/mol. The summed E-state index contributed by atoms with van der Waals surface area (Å²) in [4.78, 5) is 30.7. The summed E-state index contributed by atoms with van der Waals surface area (Å²) in [5, 5.41) is 15.1. The summed E-state index contributed by atoms with van der Waals surface area (Å²) in [7, 11) is 0. The molecule has 3 rings (SSSR count). The molecule has 29 heavy (non-hydrogen) atoms. The molecule has 0 aliphatic carbocycles. The molecule has 2 aromatic heterocycles. The van der Waals surface area contributed by atoms with Gasteiger partial charge in [0.05, 0.1) is 16.9 Å². The topological polar surface area (TPSA) is 124 Å². The highest BCUT2D eigenvalue weighted by molar-refractivity contribution is 7.99. The van der Waals surface area contributed by atoms with Crippen LogP contribution in [-0.4, -0.2) is 32.8 Å². The largest absolute Gasteiger partial charge is 0.455 e. The van der Waals surface area contributed by atoms with Crippen molar-refractivity contribution < 1.29 is 14.1 Å². The minimum Gasteiger partial charge on any atom is -0.455 e. The van der Waals surface area contributed by atoms with Gasteiger partial charge in [-0.15, -0.1) is 0 Å². The average Bonchev–Trinajstić information content (AvgIpc) is 3.14. The molecule has 1 N–H and O–H groups in total. The van der Waals surface area contributed by atoms with E-state index in [1.54, 1.807) is 24.3 Å². The number of non-ortho nitro benzene ring substituents is 1. The van der Waals surface area contributed by atoms with Crippen LogP contribution in [-0.2, 0) is 4.79 Å². The number of hydrogen-bond acceptors (Lipinski definition) is 8. The fraction of sp³-hybridized carbons (Fsp3) is 0.158. The maximum atomic E-state index is 11.9. The second-order valence-corrected chi connectivity index (χ2v) is 6.96. The lowest BCUT2D eigenvalue weighted by Gasteiger charge is -2.02. The number of furan rings is 1. The number of thioether (sulfide) groups is 1. The Morgan fingerprint density at radius 2 is 1.90 bits per heavy atom. The summed E-state index contributed by atoms with van der Waals surface area (Å²) in [5.74, 6) is 0.808. The standard InChI is InChI=1S/C19H17N5O4S/c1-12-9-13(2)22-19(21-12)29-11-18(25)23-20-10-16-7-8-17(28-16)14-3-5-15(6-4-14)24(26)27/h3-10H,11H2,1-2H3,(H,23,25). The Hall–Kier alpha value is -3.53. The summed E-state index contributed by atoms with van der Waals surface area (Å²) < 4.78 is 5.61. The van der Waals surface area contributed by atoms with Crippen molar-refractivity contribution in [3.05, 3.63) is 69.7 Å². The van der Waals surface area contributed by atoms with Crippen molar-refractivity contribution in [2.75, 3.05) is 5.75 Å². The summed E-state index contributed by atoms with van der Waals surface area (Å²) >= 11 is 1.23. The van der Waals surface area contributed by atoms with Gasteiger partial charge >= 0.3 is 0 Å². The van der Waals surface area contributed by atoms with Crippen LogP contribution >= 0.6 is 11.8 Å². The first kappa shape index (κ1) is 20.2. The lowest BCUT2D eigenvalue weighted by Crippen LogP contribution is -2.19. The minimum atomic E-state index is -0.461. The second kappa shape index (κ2) is 9.11. The van der Waals surface area contributed by atoms with Gasteiger partial charge in [-0.1, -0.05) is 11.8 Å². The molecule has 0 atom stereocenters. The monoisotopic (exact) mass is 411 g/mol. The van der Waals surface area contributed by atoms with Gasteiger partial charge in [-0.3, -0.25) is 14.9 Å². The molecule has 0 fully saturated rings. The highest BCUT2D eigenvalue weighted by Gasteiger charge is 2.08. The van der Waals surface area contributed by atoms with E-state index in [4.69, 9.17) is 4.42 Å². The van der Waals surface area contributed by atoms with Gasteiger partial charge in [-0.25, -0.2) is 15.4 Å². The third kappa shape index (κ3) is 5.72. The molecule has 0 unspecified atom stereocenters. The number of amides is 1. The smallest absolute Gasteiger partial charge is 0.269 e. The molecule has 0 spiro atoms. The molecule has 9 nitrogen and oxygen atoms in total. The zero-order valence-electron chi connectivity index (χ0n) is 15.7. The van der Waals surface area contributed by atoms with Gasteiger partial charge in [-0.2, -0.15) is 5.10 Å². The number of nitrogens with one attached hydrogen (secondary N) is 1. The molecule has 0 saturated carbocycles. The summed E-state index contributed by atoms with van der Waals surface area (Å²) in [6, 6.07) is 11.3. The van der Waals surface area contributed by atoms with Gasteiger partial charge in [-0.05, 0) is 44.2 Å². The Labute approximate surface area is 170 Å². The highest BCUT2D eigenvalue weighted by atomic mass is 32.2. The summed E-state index contributed by atoms with van der Waals surface area (Å²) in [5.41, 5.74) is 4.82. The minimum absolute atomic E-state index is 0.00824. The number of hydrazone groups is 1. The maximum Gasteiger partial charge on any atom is 0.269 e. The van der Waals surface area contributed by atoms with Crippen LogP contribution in [0.1, 0.15) is 17.1 Å². The van der Waals surface area contributed by atoms with Crippen molar-refractivity contribution >= 4 is 29.6 Å². The van der Waals surface area contributed by atoms with E-state index in [0.717, 1.165) is 11.4 Å². The predicted octanol–water partition coefficient (Wildman–Crippen LogP) is 3.50. The van der Waals surface area contributed by atoms with Crippen molar-refractivity contribution in [1.82, 2.24) is 15.4 Å². The van der Waals surface area contributed by atoms with Gasteiger partial charge in [0.2, 0.25) is 0 Å². The first-order chi connectivity index (χ1) is 13.9. The lowest BCUT2D eigenvalue weighted by atomic mass is 10.1. The molecule has 0 radical (unpaired) electrons. The van der Waals surface area contributed by atoms with E-state index in [1.165, 1.54) is 30.1 Å². The van der Waals surface area contributed by atoms with Crippen LogP contribution in [0, 0.1) is 24.0 Å². The number of nitro groups is 1. The highest BCUT2D eigenvalue weighted by Crippen LogP contribution is 2.24. The first-order valence-electron chi connectivity index (χ1n) is 8.52. The van der Waals surface area contributed by atoms with Gasteiger partial charge in [0, 0.05) is 29.1 Å². The molecule has 0 saturated heterocycles. The van der Waals surface area contributed by atoms with E-state index < -0.39 is 4.92 Å². The van der Waals surface area contributed by atoms with Crippen LogP contribution in [0.3, 0.4) is 0 Å². The molecule has 1 amide bonds. The molecule has 3 aromatic rings. The zero-order valence-corrected chi connectivity index (χ0v) is 16.5. The number of nitro benzene ring substituents is 1. The van der Waals surface area contributed by atoms with Crippen molar-refractivity contribution in [2.24, 2.45) is 5.10 Å². The van der Waals surface area contributed by atoms with E-state index in [-0.39, 0.29) is 17.3 Å². The van der Waals surface area contributed by atoms with E-state index in [1.807, 2.05) is 19.9 Å². The molecule has 148 valence electrons. The number of benzene rings is 1. The Bertz CT molecular complexity index is 1040. The Morgan fingerprint density at radius 3 is 2.55 bits per heavy atom. The molecule has 0 aliphatic rings. The number of carbonyl (C=O) groups excluding carboxylic acids is 1. The van der Waals surface area contributed by atoms with Gasteiger partial charge in [0.25, 0.3) is 11.6 Å². The van der Waals surface area contributed by atoms with E-state index >= 15 is 0 Å².